The van der Waals surface area contributed by atoms with E-state index in [9.17, 15) is 9.18 Å². The number of aromatic nitrogens is 1. The van der Waals surface area contributed by atoms with E-state index in [-0.39, 0.29) is 11.7 Å². The number of ether oxygens (including phenoxy) is 2. The van der Waals surface area contributed by atoms with E-state index in [0.29, 0.717) is 35.8 Å². The molecular weight excluding hydrogens is 361 g/mol. The summed E-state index contributed by atoms with van der Waals surface area (Å²) in [6.07, 6.45) is 3.07. The number of rotatable bonds is 8. The van der Waals surface area contributed by atoms with Gasteiger partial charge in [-0.3, -0.25) is 9.78 Å². The minimum atomic E-state index is -0.311. The number of hydrogen-bond donors (Lipinski definition) is 2. The van der Waals surface area contributed by atoms with Crippen LogP contribution in [0.15, 0.2) is 67.0 Å². The van der Waals surface area contributed by atoms with E-state index in [1.165, 1.54) is 18.3 Å². The van der Waals surface area contributed by atoms with Crippen molar-refractivity contribution in [3.8, 4) is 11.5 Å². The minimum Gasteiger partial charge on any atom is -0.497 e. The van der Waals surface area contributed by atoms with Gasteiger partial charge in [-0.05, 0) is 54.6 Å². The topological polar surface area (TPSA) is 72.5 Å². The first-order chi connectivity index (χ1) is 13.6. The Morgan fingerprint density at radius 3 is 2.43 bits per heavy atom. The van der Waals surface area contributed by atoms with Gasteiger partial charge >= 0.3 is 0 Å². The SMILES string of the molecule is COc1ccc(OCCNC(=O)c2cncc(Nc3ccc(F)cc3)c2)cc1. The molecule has 28 heavy (non-hydrogen) atoms. The van der Waals surface area contributed by atoms with Crippen molar-refractivity contribution >= 4 is 17.3 Å². The molecule has 0 fully saturated rings. The van der Waals surface area contributed by atoms with Crippen molar-refractivity contribution in [2.75, 3.05) is 25.6 Å². The smallest absolute Gasteiger partial charge is 0.253 e. The van der Waals surface area contributed by atoms with E-state index in [1.807, 2.05) is 0 Å². The molecule has 0 bridgehead atoms. The van der Waals surface area contributed by atoms with Gasteiger partial charge in [0.2, 0.25) is 0 Å². The molecule has 2 aromatic carbocycles. The predicted molar refractivity (Wildman–Crippen MR) is 105 cm³/mol. The van der Waals surface area contributed by atoms with Crippen LogP contribution in [0.4, 0.5) is 15.8 Å². The van der Waals surface area contributed by atoms with Crippen LogP contribution in [0.2, 0.25) is 0 Å². The molecule has 0 saturated heterocycles. The summed E-state index contributed by atoms with van der Waals surface area (Å²) < 4.78 is 23.6. The number of nitrogens with one attached hydrogen (secondary N) is 2. The van der Waals surface area contributed by atoms with Gasteiger partial charge in [0.1, 0.15) is 23.9 Å². The Hall–Kier alpha value is -3.61. The average Bonchev–Trinajstić information content (AvgIpc) is 2.73. The van der Waals surface area contributed by atoms with Crippen LogP contribution in [-0.2, 0) is 0 Å². The number of carbonyl (C=O) groups excluding carboxylic acids is 1. The van der Waals surface area contributed by atoms with Crippen molar-refractivity contribution in [2.45, 2.75) is 0 Å². The average molecular weight is 381 g/mol. The molecule has 1 amide bonds. The number of amides is 1. The normalized spacial score (nSPS) is 10.2. The molecule has 3 aromatic rings. The summed E-state index contributed by atoms with van der Waals surface area (Å²) in [6.45, 7) is 0.680. The van der Waals surface area contributed by atoms with E-state index < -0.39 is 0 Å². The van der Waals surface area contributed by atoms with Gasteiger partial charge in [0.05, 0.1) is 31.1 Å². The second-order valence-electron chi connectivity index (χ2n) is 5.87. The highest BCUT2D eigenvalue weighted by Crippen LogP contribution is 2.18. The molecule has 0 spiro atoms. The lowest BCUT2D eigenvalue weighted by atomic mass is 10.2. The third-order valence-electron chi connectivity index (χ3n) is 3.85. The van der Waals surface area contributed by atoms with Crippen LogP contribution >= 0.6 is 0 Å². The van der Waals surface area contributed by atoms with Crippen LogP contribution in [0.5, 0.6) is 11.5 Å². The molecular formula is C21H20FN3O3. The monoisotopic (exact) mass is 381 g/mol. The maximum absolute atomic E-state index is 13.0. The van der Waals surface area contributed by atoms with Gasteiger partial charge in [0.15, 0.2) is 0 Å². The fourth-order valence-corrected chi connectivity index (χ4v) is 2.44. The van der Waals surface area contributed by atoms with E-state index in [1.54, 1.807) is 55.8 Å². The lowest BCUT2D eigenvalue weighted by Crippen LogP contribution is -2.28. The number of halogens is 1. The Kier molecular flexibility index (Phi) is 6.41. The molecule has 0 aliphatic rings. The van der Waals surface area contributed by atoms with Crippen molar-refractivity contribution in [3.05, 3.63) is 78.4 Å². The van der Waals surface area contributed by atoms with E-state index >= 15 is 0 Å². The minimum absolute atomic E-state index is 0.256. The van der Waals surface area contributed by atoms with Gasteiger partial charge in [0, 0.05) is 11.9 Å². The first kappa shape index (κ1) is 19.2. The molecule has 7 heteroatoms. The number of pyridine rings is 1. The zero-order valence-electron chi connectivity index (χ0n) is 15.3. The summed E-state index contributed by atoms with van der Waals surface area (Å²) in [5.41, 5.74) is 1.75. The molecule has 1 heterocycles. The van der Waals surface area contributed by atoms with Gasteiger partial charge < -0.3 is 20.1 Å². The summed E-state index contributed by atoms with van der Waals surface area (Å²) >= 11 is 0. The summed E-state index contributed by atoms with van der Waals surface area (Å²) in [6, 6.07) is 14.8. The number of benzene rings is 2. The summed E-state index contributed by atoms with van der Waals surface area (Å²) in [5, 5.41) is 5.86. The lowest BCUT2D eigenvalue weighted by Gasteiger charge is -2.10. The molecule has 3 rings (SSSR count). The highest BCUT2D eigenvalue weighted by atomic mass is 19.1. The second kappa shape index (κ2) is 9.36. The van der Waals surface area contributed by atoms with Gasteiger partial charge in [-0.1, -0.05) is 0 Å². The van der Waals surface area contributed by atoms with Crippen LogP contribution in [0.3, 0.4) is 0 Å². The van der Waals surface area contributed by atoms with Crippen LogP contribution in [0.25, 0.3) is 0 Å². The van der Waals surface area contributed by atoms with Gasteiger partial charge in [0.25, 0.3) is 5.91 Å². The third kappa shape index (κ3) is 5.44. The van der Waals surface area contributed by atoms with Crippen molar-refractivity contribution in [3.63, 3.8) is 0 Å². The molecule has 0 aliphatic carbocycles. The van der Waals surface area contributed by atoms with E-state index in [2.05, 4.69) is 15.6 Å². The zero-order chi connectivity index (χ0) is 19.8. The molecule has 6 nitrogen and oxygen atoms in total. The van der Waals surface area contributed by atoms with Gasteiger partial charge in [-0.15, -0.1) is 0 Å². The molecule has 0 saturated carbocycles. The quantitative estimate of drug-likeness (QED) is 0.581. The number of methoxy groups -OCH3 is 1. The molecule has 2 N–H and O–H groups in total. The first-order valence-electron chi connectivity index (χ1n) is 8.67. The Bertz CT molecular complexity index is 915. The fourth-order valence-electron chi connectivity index (χ4n) is 2.44. The second-order valence-corrected chi connectivity index (χ2v) is 5.87. The predicted octanol–water partition coefficient (Wildman–Crippen LogP) is 3.78. The maximum Gasteiger partial charge on any atom is 0.253 e. The number of hydrogen-bond acceptors (Lipinski definition) is 5. The summed E-state index contributed by atoms with van der Waals surface area (Å²) in [4.78, 5) is 16.4. The van der Waals surface area contributed by atoms with Crippen molar-refractivity contribution in [1.29, 1.82) is 0 Å². The summed E-state index contributed by atoms with van der Waals surface area (Å²) in [7, 11) is 1.60. The largest absolute Gasteiger partial charge is 0.497 e. The molecule has 0 radical (unpaired) electrons. The summed E-state index contributed by atoms with van der Waals surface area (Å²) in [5.74, 6) is 0.881. The standard InChI is InChI=1S/C21H20FN3O3/c1-27-19-6-8-20(9-7-19)28-11-10-24-21(26)15-12-18(14-23-13-15)25-17-4-2-16(22)3-5-17/h2-9,12-14,25H,10-11H2,1H3,(H,24,26). The maximum atomic E-state index is 13.0. The Balaban J connectivity index is 1.49. The molecule has 144 valence electrons. The number of carbonyl (C=O) groups is 1. The van der Waals surface area contributed by atoms with Gasteiger partial charge in [-0.25, -0.2) is 4.39 Å². The van der Waals surface area contributed by atoms with Crippen molar-refractivity contribution < 1.29 is 18.7 Å². The lowest BCUT2D eigenvalue weighted by molar-refractivity contribution is 0.0946. The van der Waals surface area contributed by atoms with E-state index in [0.717, 1.165) is 5.75 Å². The van der Waals surface area contributed by atoms with Crippen molar-refractivity contribution in [1.82, 2.24) is 10.3 Å². The van der Waals surface area contributed by atoms with Crippen molar-refractivity contribution in [2.24, 2.45) is 0 Å². The molecule has 1 aromatic heterocycles. The first-order valence-corrected chi connectivity index (χ1v) is 8.67. The van der Waals surface area contributed by atoms with Crippen LogP contribution < -0.4 is 20.1 Å². The highest BCUT2D eigenvalue weighted by molar-refractivity contribution is 5.94. The molecule has 0 aliphatic heterocycles. The Labute approximate surface area is 162 Å². The zero-order valence-corrected chi connectivity index (χ0v) is 15.3. The van der Waals surface area contributed by atoms with Gasteiger partial charge in [-0.2, -0.15) is 0 Å². The Morgan fingerprint density at radius 2 is 1.71 bits per heavy atom. The number of nitrogens with zero attached hydrogens (tertiary/aromatic N) is 1. The van der Waals surface area contributed by atoms with Crippen LogP contribution in [0.1, 0.15) is 10.4 Å². The van der Waals surface area contributed by atoms with Crippen LogP contribution in [-0.4, -0.2) is 31.2 Å². The van der Waals surface area contributed by atoms with E-state index in [4.69, 9.17) is 9.47 Å². The molecule has 0 atom stereocenters. The number of anilines is 2. The highest BCUT2D eigenvalue weighted by Gasteiger charge is 2.07. The fraction of sp³-hybridized carbons (Fsp3) is 0.143. The third-order valence-corrected chi connectivity index (χ3v) is 3.85. The Morgan fingerprint density at radius 1 is 1.00 bits per heavy atom. The molecule has 0 unspecified atom stereocenters. The van der Waals surface area contributed by atoms with Crippen LogP contribution in [0, 0.1) is 5.82 Å².